The van der Waals surface area contributed by atoms with Crippen LogP contribution in [0, 0.1) is 6.92 Å². The topological polar surface area (TPSA) is 178 Å². The number of aryl methyl sites for hydroxylation is 1. The van der Waals surface area contributed by atoms with Gasteiger partial charge in [0.15, 0.2) is 9.84 Å². The van der Waals surface area contributed by atoms with Crippen molar-refractivity contribution in [3.8, 4) is 0 Å². The van der Waals surface area contributed by atoms with E-state index in [1.54, 1.807) is 31.2 Å². The van der Waals surface area contributed by atoms with Crippen LogP contribution in [0.3, 0.4) is 0 Å². The Balaban J connectivity index is 1.66. The first-order chi connectivity index (χ1) is 15.9. The molecule has 0 spiro atoms. The molecule has 0 saturated heterocycles. The Kier molecular flexibility index (Phi) is 7.78. The number of hydrogen-bond donors (Lipinski definition) is 3. The van der Waals surface area contributed by atoms with Crippen molar-refractivity contribution >= 4 is 55.1 Å². The van der Waals surface area contributed by atoms with Gasteiger partial charge in [-0.3, -0.25) is 9.35 Å². The minimum atomic E-state index is -4.75. The summed E-state index contributed by atoms with van der Waals surface area (Å²) in [5.41, 5.74) is 1.10. The monoisotopic (exact) mass is 527 g/mol. The summed E-state index contributed by atoms with van der Waals surface area (Å²) in [6.45, 7) is 0.911. The van der Waals surface area contributed by atoms with Crippen LogP contribution in [0.15, 0.2) is 53.4 Å². The standard InChI is InChI=1S/C19H18ClN5O7S2/c1-12-21-18(20)25-19(22-12)24-14-7-5-13(6-8-14)17(26)23-15-3-2-4-16(11-15)33(27,28)10-9-32-34(29,30)31/h2-8,11H,9-10H2,1H3,(H,23,26)(H,29,30,31)(H,21,22,24,25). The molecule has 1 amide bonds. The Bertz CT molecular complexity index is 1390. The number of sulfone groups is 1. The first-order valence-corrected chi connectivity index (χ1v) is 12.8. The average Bonchev–Trinajstić information content (AvgIpc) is 2.72. The second kappa shape index (κ2) is 10.4. The zero-order chi connectivity index (χ0) is 24.9. The predicted octanol–water partition coefficient (Wildman–Crippen LogP) is 2.42. The second-order valence-corrected chi connectivity index (χ2v) is 10.3. The molecule has 0 aliphatic heterocycles. The van der Waals surface area contributed by atoms with E-state index in [0.29, 0.717) is 17.1 Å². The molecule has 1 heterocycles. The van der Waals surface area contributed by atoms with Crippen molar-refractivity contribution in [3.05, 3.63) is 65.2 Å². The first-order valence-electron chi connectivity index (χ1n) is 9.42. The minimum Gasteiger partial charge on any atom is -0.324 e. The van der Waals surface area contributed by atoms with Crippen LogP contribution in [-0.4, -0.2) is 54.6 Å². The van der Waals surface area contributed by atoms with Gasteiger partial charge in [-0.25, -0.2) is 17.6 Å². The summed E-state index contributed by atoms with van der Waals surface area (Å²) in [4.78, 5) is 24.3. The predicted molar refractivity (Wildman–Crippen MR) is 123 cm³/mol. The summed E-state index contributed by atoms with van der Waals surface area (Å²) < 4.78 is 58.5. The molecule has 15 heteroatoms. The van der Waals surface area contributed by atoms with Gasteiger partial charge in [-0.1, -0.05) is 6.07 Å². The number of hydrogen-bond acceptors (Lipinski definition) is 10. The van der Waals surface area contributed by atoms with Gasteiger partial charge in [0, 0.05) is 16.9 Å². The zero-order valence-electron chi connectivity index (χ0n) is 17.5. The number of nitrogens with zero attached hydrogens (tertiary/aromatic N) is 3. The molecule has 2 aromatic carbocycles. The highest BCUT2D eigenvalue weighted by molar-refractivity contribution is 7.91. The molecule has 0 bridgehead atoms. The molecule has 34 heavy (non-hydrogen) atoms. The van der Waals surface area contributed by atoms with Crippen molar-refractivity contribution in [2.45, 2.75) is 11.8 Å². The van der Waals surface area contributed by atoms with Crippen LogP contribution in [-0.2, 0) is 24.4 Å². The van der Waals surface area contributed by atoms with Crippen LogP contribution in [0.25, 0.3) is 0 Å². The molecule has 0 aliphatic carbocycles. The van der Waals surface area contributed by atoms with Crippen LogP contribution in [0.2, 0.25) is 5.28 Å². The number of halogens is 1. The van der Waals surface area contributed by atoms with E-state index < -0.39 is 38.5 Å². The maximum atomic E-state index is 12.6. The van der Waals surface area contributed by atoms with Gasteiger partial charge < -0.3 is 10.6 Å². The van der Waals surface area contributed by atoms with E-state index >= 15 is 0 Å². The molecule has 0 unspecified atom stereocenters. The summed E-state index contributed by atoms with van der Waals surface area (Å²) in [6, 6.07) is 11.8. The molecule has 0 atom stereocenters. The normalized spacial score (nSPS) is 11.7. The summed E-state index contributed by atoms with van der Waals surface area (Å²) in [5, 5.41) is 5.58. The minimum absolute atomic E-state index is 0.0428. The lowest BCUT2D eigenvalue weighted by atomic mass is 10.2. The number of carbonyl (C=O) groups is 1. The maximum Gasteiger partial charge on any atom is 0.397 e. The number of anilines is 3. The number of nitrogens with one attached hydrogen (secondary N) is 2. The molecule has 0 radical (unpaired) electrons. The summed E-state index contributed by atoms with van der Waals surface area (Å²) in [6.07, 6.45) is 0. The Morgan fingerprint density at radius 3 is 2.38 bits per heavy atom. The second-order valence-electron chi connectivity index (χ2n) is 6.73. The van der Waals surface area contributed by atoms with E-state index in [1.807, 2.05) is 0 Å². The van der Waals surface area contributed by atoms with Crippen LogP contribution in [0.1, 0.15) is 16.2 Å². The number of amides is 1. The number of benzene rings is 2. The first kappa shape index (κ1) is 25.5. The highest BCUT2D eigenvalue weighted by Gasteiger charge is 2.17. The highest BCUT2D eigenvalue weighted by atomic mass is 35.5. The van der Waals surface area contributed by atoms with Gasteiger partial charge in [0.1, 0.15) is 5.82 Å². The van der Waals surface area contributed by atoms with Crippen LogP contribution in [0.5, 0.6) is 0 Å². The molecule has 3 N–H and O–H groups in total. The molecule has 180 valence electrons. The Labute approximate surface area is 200 Å². The summed E-state index contributed by atoms with van der Waals surface area (Å²) >= 11 is 5.81. The molecule has 0 saturated carbocycles. The van der Waals surface area contributed by atoms with Gasteiger partial charge in [-0.2, -0.15) is 18.4 Å². The fourth-order valence-electron chi connectivity index (χ4n) is 2.68. The van der Waals surface area contributed by atoms with Crippen molar-refractivity contribution in [3.63, 3.8) is 0 Å². The lowest BCUT2D eigenvalue weighted by molar-refractivity contribution is 0.102. The van der Waals surface area contributed by atoms with E-state index in [0.717, 1.165) is 0 Å². The van der Waals surface area contributed by atoms with Crippen molar-refractivity contribution in [1.82, 2.24) is 15.0 Å². The third-order valence-electron chi connectivity index (χ3n) is 4.16. The van der Waals surface area contributed by atoms with Crippen LogP contribution < -0.4 is 10.6 Å². The van der Waals surface area contributed by atoms with Gasteiger partial charge in [-0.15, -0.1) is 0 Å². The van der Waals surface area contributed by atoms with E-state index in [1.165, 1.54) is 24.3 Å². The molecule has 3 aromatic rings. The van der Waals surface area contributed by atoms with Gasteiger partial charge in [0.05, 0.1) is 17.3 Å². The Morgan fingerprint density at radius 2 is 1.74 bits per heavy atom. The molecule has 3 rings (SSSR count). The van der Waals surface area contributed by atoms with Gasteiger partial charge in [-0.05, 0) is 61.0 Å². The number of carbonyl (C=O) groups excluding carboxylic acids is 1. The summed E-state index contributed by atoms with van der Waals surface area (Å²) in [7, 11) is -8.68. The van der Waals surface area contributed by atoms with Crippen LogP contribution in [0.4, 0.5) is 17.3 Å². The molecule has 0 aliphatic rings. The smallest absolute Gasteiger partial charge is 0.324 e. The fraction of sp³-hybridized carbons (Fsp3) is 0.158. The van der Waals surface area contributed by atoms with E-state index in [9.17, 15) is 21.6 Å². The van der Waals surface area contributed by atoms with Crippen molar-refractivity contribution in [2.24, 2.45) is 0 Å². The lowest BCUT2D eigenvalue weighted by Crippen LogP contribution is -2.16. The van der Waals surface area contributed by atoms with Gasteiger partial charge in [0.25, 0.3) is 5.91 Å². The zero-order valence-corrected chi connectivity index (χ0v) is 19.9. The van der Waals surface area contributed by atoms with Crippen molar-refractivity contribution in [2.75, 3.05) is 23.0 Å². The molecular weight excluding hydrogens is 510 g/mol. The van der Waals surface area contributed by atoms with E-state index in [2.05, 4.69) is 29.8 Å². The maximum absolute atomic E-state index is 12.6. The molecular formula is C19H18ClN5O7S2. The Morgan fingerprint density at radius 1 is 1.03 bits per heavy atom. The molecule has 0 fully saturated rings. The third-order valence-corrected chi connectivity index (χ3v) is 6.47. The van der Waals surface area contributed by atoms with E-state index in [-0.39, 0.29) is 21.8 Å². The van der Waals surface area contributed by atoms with Crippen molar-refractivity contribution in [1.29, 1.82) is 0 Å². The lowest BCUT2D eigenvalue weighted by Gasteiger charge is -2.09. The quantitative estimate of drug-likeness (QED) is 0.348. The SMILES string of the molecule is Cc1nc(Cl)nc(Nc2ccc(C(=O)Nc3cccc(S(=O)(=O)CCOS(=O)(=O)O)c3)cc2)n1. The van der Waals surface area contributed by atoms with E-state index in [4.69, 9.17) is 16.2 Å². The number of rotatable bonds is 9. The Hall–Kier alpha value is -3.17. The van der Waals surface area contributed by atoms with Gasteiger partial charge >= 0.3 is 10.4 Å². The molecule has 12 nitrogen and oxygen atoms in total. The highest BCUT2D eigenvalue weighted by Crippen LogP contribution is 2.19. The average molecular weight is 528 g/mol. The number of aromatic nitrogens is 3. The molecule has 1 aromatic heterocycles. The largest absolute Gasteiger partial charge is 0.397 e. The third kappa shape index (κ3) is 7.43. The van der Waals surface area contributed by atoms with Gasteiger partial charge in [0.2, 0.25) is 11.2 Å². The van der Waals surface area contributed by atoms with Crippen LogP contribution >= 0.6 is 11.6 Å². The van der Waals surface area contributed by atoms with Crippen molar-refractivity contribution < 1.29 is 30.4 Å². The fourth-order valence-corrected chi connectivity index (χ4v) is 4.41. The summed E-state index contributed by atoms with van der Waals surface area (Å²) in [5.74, 6) is -0.497.